The first-order valence-electron chi connectivity index (χ1n) is 5.84. The molecule has 0 unspecified atom stereocenters. The zero-order valence-corrected chi connectivity index (χ0v) is 11.3. The van der Waals surface area contributed by atoms with Gasteiger partial charge in [0.2, 0.25) is 0 Å². The van der Waals surface area contributed by atoms with Crippen LogP contribution in [0.2, 0.25) is 0 Å². The number of fused-ring (bicyclic) bond motifs is 1. The third kappa shape index (κ3) is 4.04. The fourth-order valence-electron chi connectivity index (χ4n) is 1.56. The van der Waals surface area contributed by atoms with Crippen LogP contribution >= 0.6 is 11.8 Å². The second-order valence-corrected chi connectivity index (χ2v) is 5.21. The topological polar surface area (TPSA) is 55.4 Å². The molecule has 0 spiro atoms. The lowest BCUT2D eigenvalue weighted by atomic mass is 10.1. The monoisotopic (exact) mass is 275 g/mol. The van der Waals surface area contributed by atoms with Gasteiger partial charge in [0.25, 0.3) is 5.91 Å². The van der Waals surface area contributed by atoms with Crippen LogP contribution < -0.4 is 10.1 Å². The summed E-state index contributed by atoms with van der Waals surface area (Å²) in [6.45, 7) is 1.59. The predicted molar refractivity (Wildman–Crippen MR) is 75.2 cm³/mol. The van der Waals surface area contributed by atoms with Gasteiger partial charge in [-0.3, -0.25) is 9.59 Å². The first-order valence-corrected chi connectivity index (χ1v) is 6.82. The van der Waals surface area contributed by atoms with Crippen LogP contribution in [-0.2, 0) is 9.59 Å². The minimum Gasteiger partial charge on any atom is -0.482 e. The molecular formula is C14H13NO3S. The number of carbonyl (C=O) groups excluding carboxylic acids is 2. The van der Waals surface area contributed by atoms with E-state index in [1.54, 1.807) is 19.1 Å². The maximum absolute atomic E-state index is 11.1. The lowest BCUT2D eigenvalue weighted by molar-refractivity contribution is -0.118. The van der Waals surface area contributed by atoms with Gasteiger partial charge in [0.05, 0.1) is 5.69 Å². The second kappa shape index (κ2) is 6.30. The van der Waals surface area contributed by atoms with Crippen molar-refractivity contribution in [3.8, 4) is 17.6 Å². The third-order valence-electron chi connectivity index (χ3n) is 2.38. The Hall–Kier alpha value is -1.93. The molecule has 1 amide bonds. The van der Waals surface area contributed by atoms with Gasteiger partial charge in [0.1, 0.15) is 5.75 Å². The van der Waals surface area contributed by atoms with Crippen LogP contribution in [0, 0.1) is 11.8 Å². The molecule has 4 nitrogen and oxygen atoms in total. The van der Waals surface area contributed by atoms with Gasteiger partial charge in [-0.25, -0.2) is 0 Å². The Balaban J connectivity index is 1.97. The number of nitrogens with one attached hydrogen (secondary N) is 1. The Labute approximate surface area is 115 Å². The molecule has 19 heavy (non-hydrogen) atoms. The molecule has 1 aromatic carbocycles. The van der Waals surface area contributed by atoms with Crippen LogP contribution in [0.1, 0.15) is 18.9 Å². The molecule has 0 saturated carbocycles. The highest BCUT2D eigenvalue weighted by Gasteiger charge is 2.15. The Morgan fingerprint density at radius 3 is 3.16 bits per heavy atom. The van der Waals surface area contributed by atoms with Crippen molar-refractivity contribution in [3.05, 3.63) is 23.8 Å². The molecule has 1 aliphatic heterocycles. The molecule has 0 bridgehead atoms. The van der Waals surface area contributed by atoms with E-state index in [1.165, 1.54) is 11.8 Å². The summed E-state index contributed by atoms with van der Waals surface area (Å²) in [5, 5.41) is 2.83. The van der Waals surface area contributed by atoms with Crippen LogP contribution in [0.15, 0.2) is 18.2 Å². The van der Waals surface area contributed by atoms with Gasteiger partial charge in [-0.05, 0) is 18.2 Å². The van der Waals surface area contributed by atoms with Gasteiger partial charge in [-0.1, -0.05) is 23.6 Å². The molecule has 0 aliphatic carbocycles. The van der Waals surface area contributed by atoms with E-state index in [9.17, 15) is 9.59 Å². The molecule has 5 heteroatoms. The minimum atomic E-state index is -0.146. The lowest BCUT2D eigenvalue weighted by Gasteiger charge is -2.17. The van der Waals surface area contributed by atoms with Gasteiger partial charge < -0.3 is 10.1 Å². The Bertz CT molecular complexity index is 572. The zero-order valence-electron chi connectivity index (χ0n) is 10.5. The molecule has 1 heterocycles. The number of carbonyl (C=O) groups is 2. The third-order valence-corrected chi connectivity index (χ3v) is 3.19. The molecule has 98 valence electrons. The summed E-state index contributed by atoms with van der Waals surface area (Å²) in [7, 11) is 0. The van der Waals surface area contributed by atoms with E-state index in [0.717, 1.165) is 5.56 Å². The van der Waals surface area contributed by atoms with E-state index in [4.69, 9.17) is 4.74 Å². The Morgan fingerprint density at radius 1 is 1.53 bits per heavy atom. The van der Waals surface area contributed by atoms with Gasteiger partial charge in [0.15, 0.2) is 11.7 Å². The van der Waals surface area contributed by atoms with Crippen molar-refractivity contribution >= 4 is 28.5 Å². The van der Waals surface area contributed by atoms with Gasteiger partial charge >= 0.3 is 0 Å². The maximum Gasteiger partial charge on any atom is 0.262 e. The summed E-state index contributed by atoms with van der Waals surface area (Å²) < 4.78 is 5.31. The van der Waals surface area contributed by atoms with Crippen molar-refractivity contribution in [1.82, 2.24) is 0 Å². The van der Waals surface area contributed by atoms with Crippen LogP contribution in [0.4, 0.5) is 5.69 Å². The normalized spacial score (nSPS) is 12.6. The van der Waals surface area contributed by atoms with Crippen LogP contribution in [0.25, 0.3) is 0 Å². The predicted octanol–water partition coefficient (Wildman–Crippen LogP) is 2.04. The number of ether oxygens (including phenoxy) is 1. The summed E-state index contributed by atoms with van der Waals surface area (Å²) in [6.07, 6.45) is 0.666. The molecule has 1 N–H and O–H groups in total. The fourth-order valence-corrected chi connectivity index (χ4v) is 2.05. The molecule has 0 fully saturated rings. The van der Waals surface area contributed by atoms with Gasteiger partial charge in [-0.2, -0.15) is 0 Å². The highest BCUT2D eigenvalue weighted by molar-refractivity contribution is 8.13. The van der Waals surface area contributed by atoms with E-state index < -0.39 is 0 Å². The molecule has 0 aromatic heterocycles. The maximum atomic E-state index is 11.1. The molecule has 2 rings (SSSR count). The Morgan fingerprint density at radius 2 is 2.37 bits per heavy atom. The summed E-state index contributed by atoms with van der Waals surface area (Å²) in [5.74, 6) is 7.22. The number of benzene rings is 1. The Kier molecular flexibility index (Phi) is 4.48. The van der Waals surface area contributed by atoms with Crippen molar-refractivity contribution in [2.75, 3.05) is 17.7 Å². The summed E-state index contributed by atoms with van der Waals surface area (Å²) in [5.41, 5.74) is 1.51. The van der Waals surface area contributed by atoms with E-state index in [1.807, 2.05) is 6.07 Å². The number of thioether (sulfide) groups is 1. The van der Waals surface area contributed by atoms with Gasteiger partial charge in [-0.15, -0.1) is 0 Å². The van der Waals surface area contributed by atoms with Crippen LogP contribution in [-0.4, -0.2) is 23.4 Å². The smallest absolute Gasteiger partial charge is 0.262 e. The van der Waals surface area contributed by atoms with E-state index in [-0.39, 0.29) is 17.6 Å². The molecule has 0 radical (unpaired) electrons. The van der Waals surface area contributed by atoms with Gasteiger partial charge in [0, 0.05) is 24.7 Å². The summed E-state index contributed by atoms with van der Waals surface area (Å²) in [6, 6.07) is 5.42. The number of anilines is 1. The quantitative estimate of drug-likeness (QED) is 0.663. The standard InChI is InChI=1S/C14H13NO3S/c1-10(16)19-7-3-2-4-11-5-6-12-13(8-11)18-9-14(17)15-12/h5-6,8H,3,7,9H2,1H3,(H,15,17). The van der Waals surface area contributed by atoms with Crippen molar-refractivity contribution < 1.29 is 14.3 Å². The lowest BCUT2D eigenvalue weighted by Crippen LogP contribution is -2.25. The number of hydrogen-bond acceptors (Lipinski definition) is 4. The van der Waals surface area contributed by atoms with Crippen molar-refractivity contribution in [3.63, 3.8) is 0 Å². The second-order valence-electron chi connectivity index (χ2n) is 3.94. The molecular weight excluding hydrogens is 262 g/mol. The average Bonchev–Trinajstić information content (AvgIpc) is 2.38. The van der Waals surface area contributed by atoms with E-state index in [2.05, 4.69) is 17.2 Å². The largest absolute Gasteiger partial charge is 0.482 e. The molecule has 0 atom stereocenters. The molecule has 1 aliphatic rings. The summed E-state index contributed by atoms with van der Waals surface area (Å²) in [4.78, 5) is 21.8. The van der Waals surface area contributed by atoms with Crippen molar-refractivity contribution in [2.24, 2.45) is 0 Å². The number of rotatable bonds is 2. The van der Waals surface area contributed by atoms with Crippen molar-refractivity contribution in [1.29, 1.82) is 0 Å². The molecule has 0 saturated heterocycles. The van der Waals surface area contributed by atoms with Crippen LogP contribution in [0.5, 0.6) is 5.75 Å². The van der Waals surface area contributed by atoms with E-state index >= 15 is 0 Å². The molecule has 1 aromatic rings. The van der Waals surface area contributed by atoms with Crippen LogP contribution in [0.3, 0.4) is 0 Å². The zero-order chi connectivity index (χ0) is 13.7. The number of amides is 1. The first kappa shape index (κ1) is 13.5. The van der Waals surface area contributed by atoms with Crippen molar-refractivity contribution in [2.45, 2.75) is 13.3 Å². The highest BCUT2D eigenvalue weighted by atomic mass is 32.2. The highest BCUT2D eigenvalue weighted by Crippen LogP contribution is 2.28. The summed E-state index contributed by atoms with van der Waals surface area (Å²) >= 11 is 1.28. The number of hydrogen-bond donors (Lipinski definition) is 1. The first-order chi connectivity index (χ1) is 9.15. The average molecular weight is 275 g/mol. The SMILES string of the molecule is CC(=O)SCCC#Cc1ccc2c(c1)OCC(=O)N2. The fraction of sp³-hybridized carbons (Fsp3) is 0.286. The minimum absolute atomic E-state index is 0.0408. The van der Waals surface area contributed by atoms with E-state index in [0.29, 0.717) is 23.6 Å².